The predicted octanol–water partition coefficient (Wildman–Crippen LogP) is 5.51. The Morgan fingerprint density at radius 1 is 1.29 bits per heavy atom. The maximum atomic E-state index is 12.8. The zero-order valence-corrected chi connectivity index (χ0v) is 23.9. The lowest BCUT2D eigenvalue weighted by Crippen LogP contribution is -2.26. The molecular formula is C19H24Cl3F2N5O3S3. The standard InChI is InChI=1S/C11H10Cl2F2N4O3S.C8H14ClNS2/c1-5-16-19(11(20)18(5)10(14)15)9-4-8(17-23(2,21)22)6(12)3-7(9)13;1-4-10(5-2)8(11)12-6-7(3)9/h3-4,10,17H,1-2H3;3-6H2,1-2H3. The number of aryl methyl sites for hydroxylation is 1. The Morgan fingerprint density at radius 3 is 2.29 bits per heavy atom. The summed E-state index contributed by atoms with van der Waals surface area (Å²) in [4.78, 5) is 14.1. The van der Waals surface area contributed by atoms with E-state index in [0.717, 1.165) is 29.7 Å². The highest BCUT2D eigenvalue weighted by Crippen LogP contribution is 2.31. The minimum absolute atomic E-state index is 0.0257. The van der Waals surface area contributed by atoms with E-state index in [-0.39, 0.29) is 31.8 Å². The van der Waals surface area contributed by atoms with Crippen LogP contribution in [0.2, 0.25) is 10.0 Å². The van der Waals surface area contributed by atoms with Gasteiger partial charge in [-0.2, -0.15) is 13.5 Å². The van der Waals surface area contributed by atoms with Crippen molar-refractivity contribution in [2.24, 2.45) is 0 Å². The molecule has 0 aliphatic rings. The lowest BCUT2D eigenvalue weighted by atomic mass is 10.3. The van der Waals surface area contributed by atoms with Crippen LogP contribution in [0.4, 0.5) is 14.5 Å². The minimum atomic E-state index is -3.65. The summed E-state index contributed by atoms with van der Waals surface area (Å²) < 4.78 is 52.2. The summed E-state index contributed by atoms with van der Waals surface area (Å²) >= 11 is 24.2. The zero-order valence-electron chi connectivity index (χ0n) is 19.2. The van der Waals surface area contributed by atoms with Crippen LogP contribution in [-0.2, 0) is 10.0 Å². The van der Waals surface area contributed by atoms with Gasteiger partial charge in [0, 0.05) is 23.9 Å². The Balaban J connectivity index is 0.000000434. The van der Waals surface area contributed by atoms with Crippen LogP contribution in [0.1, 0.15) is 26.2 Å². The molecule has 2 rings (SSSR count). The van der Waals surface area contributed by atoms with Gasteiger partial charge in [0.05, 0.1) is 27.7 Å². The molecule has 0 atom stereocenters. The molecular weight excluding hydrogens is 587 g/mol. The average molecular weight is 611 g/mol. The first-order chi connectivity index (χ1) is 16.1. The predicted molar refractivity (Wildman–Crippen MR) is 145 cm³/mol. The van der Waals surface area contributed by atoms with Gasteiger partial charge >= 0.3 is 12.2 Å². The molecule has 196 valence electrons. The van der Waals surface area contributed by atoms with Crippen LogP contribution in [-0.4, -0.2) is 57.1 Å². The first-order valence-electron chi connectivity index (χ1n) is 9.81. The number of nitrogens with zero attached hydrogens (tertiary/aromatic N) is 4. The van der Waals surface area contributed by atoms with E-state index in [0.29, 0.717) is 15.5 Å². The number of alkyl halides is 2. The molecule has 8 nitrogen and oxygen atoms in total. The zero-order chi connectivity index (χ0) is 27.1. The summed E-state index contributed by atoms with van der Waals surface area (Å²) in [5.74, 6) is 0.477. The van der Waals surface area contributed by atoms with E-state index >= 15 is 0 Å². The Kier molecular flexibility index (Phi) is 12.5. The largest absolute Gasteiger partial charge is 0.358 e. The van der Waals surface area contributed by atoms with Crippen molar-refractivity contribution in [2.75, 3.05) is 29.8 Å². The van der Waals surface area contributed by atoms with Crippen molar-refractivity contribution >= 4 is 78.8 Å². The van der Waals surface area contributed by atoms with Gasteiger partial charge in [-0.1, -0.05) is 65.4 Å². The SMILES string of the molecule is C=C(Cl)CSC(=S)N(CC)CC.Cc1nn(-c2cc(NS(C)(=O)=O)c(Cl)cc2Cl)c(=O)n1C(F)F. The molecule has 1 heterocycles. The first-order valence-corrected chi connectivity index (χ1v) is 14.2. The lowest BCUT2D eigenvalue weighted by molar-refractivity contribution is 0.0640. The highest BCUT2D eigenvalue weighted by atomic mass is 35.5. The molecule has 1 aromatic carbocycles. The van der Waals surface area contributed by atoms with Crippen molar-refractivity contribution in [3.05, 3.63) is 50.1 Å². The number of thiocarbonyl (C=S) groups is 1. The van der Waals surface area contributed by atoms with Crippen LogP contribution in [0.15, 0.2) is 28.5 Å². The number of thioether (sulfide) groups is 1. The smallest absolute Gasteiger partial charge is 0.355 e. The van der Waals surface area contributed by atoms with Crippen LogP contribution in [0.3, 0.4) is 0 Å². The molecule has 0 aliphatic carbocycles. The van der Waals surface area contributed by atoms with Gasteiger partial charge in [0.15, 0.2) is 0 Å². The van der Waals surface area contributed by atoms with Crippen LogP contribution in [0, 0.1) is 6.92 Å². The summed E-state index contributed by atoms with van der Waals surface area (Å²) in [5.41, 5.74) is -1.27. The fraction of sp³-hybridized carbons (Fsp3) is 0.421. The number of sulfonamides is 1. The quantitative estimate of drug-likeness (QED) is 0.394. The number of benzene rings is 1. The van der Waals surface area contributed by atoms with Crippen LogP contribution in [0.25, 0.3) is 5.69 Å². The van der Waals surface area contributed by atoms with Crippen molar-refractivity contribution in [3.8, 4) is 5.69 Å². The first kappa shape index (κ1) is 31.6. The molecule has 16 heteroatoms. The molecule has 0 saturated carbocycles. The molecule has 35 heavy (non-hydrogen) atoms. The molecule has 2 aromatic rings. The summed E-state index contributed by atoms with van der Waals surface area (Å²) in [6.07, 6.45) is 0.902. The molecule has 0 fully saturated rings. The average Bonchev–Trinajstić information content (AvgIpc) is 3.03. The van der Waals surface area contributed by atoms with Crippen molar-refractivity contribution in [1.29, 1.82) is 0 Å². The normalized spacial score (nSPS) is 11.1. The molecule has 0 unspecified atom stereocenters. The topological polar surface area (TPSA) is 89.2 Å². The summed E-state index contributed by atoms with van der Waals surface area (Å²) in [7, 11) is -3.65. The third-order valence-electron chi connectivity index (χ3n) is 4.11. The monoisotopic (exact) mass is 609 g/mol. The molecule has 0 spiro atoms. The van der Waals surface area contributed by atoms with Gasteiger partial charge in [0.25, 0.3) is 0 Å². The maximum absolute atomic E-state index is 12.8. The van der Waals surface area contributed by atoms with Gasteiger partial charge in [-0.05, 0) is 32.9 Å². The van der Waals surface area contributed by atoms with Gasteiger partial charge in [-0.15, -0.1) is 5.10 Å². The Hall–Kier alpha value is -1.38. The molecule has 0 radical (unpaired) electrons. The van der Waals surface area contributed by atoms with E-state index in [4.69, 9.17) is 47.0 Å². The number of nitrogens with one attached hydrogen (secondary N) is 1. The number of hydrogen-bond acceptors (Lipinski definition) is 6. The Bertz CT molecular complexity index is 1230. The van der Waals surface area contributed by atoms with Gasteiger partial charge < -0.3 is 4.90 Å². The van der Waals surface area contributed by atoms with E-state index in [1.807, 2.05) is 0 Å². The molecule has 0 bridgehead atoms. The van der Waals surface area contributed by atoms with Gasteiger partial charge in [0.1, 0.15) is 10.1 Å². The minimum Gasteiger partial charge on any atom is -0.358 e. The third-order valence-corrected chi connectivity index (χ3v) is 7.22. The lowest BCUT2D eigenvalue weighted by Gasteiger charge is -2.20. The number of anilines is 1. The van der Waals surface area contributed by atoms with Crippen LogP contribution >= 0.6 is 58.8 Å². The van der Waals surface area contributed by atoms with Gasteiger partial charge in [0.2, 0.25) is 10.0 Å². The van der Waals surface area contributed by atoms with E-state index < -0.39 is 22.3 Å². The van der Waals surface area contributed by atoms with E-state index in [1.165, 1.54) is 13.0 Å². The van der Waals surface area contributed by atoms with Crippen LogP contribution < -0.4 is 10.4 Å². The van der Waals surface area contributed by atoms with E-state index in [9.17, 15) is 22.0 Å². The number of halogens is 5. The number of aromatic nitrogens is 3. The summed E-state index contributed by atoms with van der Waals surface area (Å²) in [6, 6.07) is 2.31. The highest BCUT2D eigenvalue weighted by molar-refractivity contribution is 8.23. The number of hydrogen-bond donors (Lipinski definition) is 1. The van der Waals surface area contributed by atoms with E-state index in [1.54, 1.807) is 11.8 Å². The second-order valence-corrected chi connectivity index (χ2v) is 11.5. The Labute approximate surface area is 227 Å². The molecule has 0 saturated heterocycles. The molecule has 0 aliphatic heterocycles. The van der Waals surface area contributed by atoms with Crippen molar-refractivity contribution in [2.45, 2.75) is 27.3 Å². The second kappa shape index (κ2) is 13.8. The van der Waals surface area contributed by atoms with Crippen LogP contribution in [0.5, 0.6) is 0 Å². The maximum Gasteiger partial charge on any atom is 0.355 e. The van der Waals surface area contributed by atoms with Crippen molar-refractivity contribution in [1.82, 2.24) is 19.2 Å². The summed E-state index contributed by atoms with van der Waals surface area (Å²) in [5, 5.41) is 4.27. The van der Waals surface area contributed by atoms with E-state index in [2.05, 4.69) is 35.1 Å². The van der Waals surface area contributed by atoms with Gasteiger partial charge in [-0.3, -0.25) is 4.72 Å². The number of rotatable bonds is 8. The van der Waals surface area contributed by atoms with Gasteiger partial charge in [-0.25, -0.2) is 17.8 Å². The molecule has 1 aromatic heterocycles. The van der Waals surface area contributed by atoms with Crippen molar-refractivity contribution < 1.29 is 17.2 Å². The fourth-order valence-electron chi connectivity index (χ4n) is 2.55. The third kappa shape index (κ3) is 9.54. The Morgan fingerprint density at radius 2 is 1.86 bits per heavy atom. The molecule has 1 N–H and O–H groups in total. The summed E-state index contributed by atoms with van der Waals surface area (Å²) in [6.45, 7) is 7.85. The second-order valence-electron chi connectivity index (χ2n) is 6.79. The van der Waals surface area contributed by atoms with Crippen molar-refractivity contribution in [3.63, 3.8) is 0 Å². The molecule has 0 amide bonds. The highest BCUT2D eigenvalue weighted by Gasteiger charge is 2.21. The fourth-order valence-corrected chi connectivity index (χ4v) is 5.00.